The summed E-state index contributed by atoms with van der Waals surface area (Å²) in [5.74, 6) is 0. The Bertz CT molecular complexity index is 610. The van der Waals surface area contributed by atoms with E-state index in [9.17, 15) is 10.1 Å². The molecule has 5 heteroatoms. The molecule has 21 heavy (non-hydrogen) atoms. The fraction of sp³-hybridized carbons (Fsp3) is 0.375. The van der Waals surface area contributed by atoms with Crippen LogP contribution in [0.2, 0.25) is 0 Å². The SMILES string of the molecule is CCc1ccsc1CNC(CC)c1cccc([N+](=O)[O-])c1. The molecule has 0 spiro atoms. The largest absolute Gasteiger partial charge is 0.305 e. The van der Waals surface area contributed by atoms with Crippen molar-refractivity contribution in [2.45, 2.75) is 39.3 Å². The summed E-state index contributed by atoms with van der Waals surface area (Å²) < 4.78 is 0. The first-order chi connectivity index (χ1) is 10.2. The molecule has 0 radical (unpaired) electrons. The number of nitrogens with zero attached hydrogens (tertiary/aromatic N) is 1. The van der Waals surface area contributed by atoms with Crippen LogP contribution < -0.4 is 5.32 Å². The Balaban J connectivity index is 2.09. The predicted molar refractivity (Wildman–Crippen MR) is 86.7 cm³/mol. The summed E-state index contributed by atoms with van der Waals surface area (Å²) in [6.07, 6.45) is 1.93. The molecule has 1 atom stereocenters. The van der Waals surface area contributed by atoms with Crippen LogP contribution in [0.25, 0.3) is 0 Å². The molecule has 0 aliphatic rings. The minimum absolute atomic E-state index is 0.136. The van der Waals surface area contributed by atoms with Crippen LogP contribution in [0.3, 0.4) is 0 Å². The van der Waals surface area contributed by atoms with Crippen molar-refractivity contribution >= 4 is 17.0 Å². The molecule has 1 aromatic heterocycles. The van der Waals surface area contributed by atoms with Crippen molar-refractivity contribution in [3.63, 3.8) is 0 Å². The van der Waals surface area contributed by atoms with Gasteiger partial charge in [-0.1, -0.05) is 26.0 Å². The molecule has 112 valence electrons. The maximum Gasteiger partial charge on any atom is 0.269 e. The molecule has 0 saturated heterocycles. The number of nitro benzene ring substituents is 1. The van der Waals surface area contributed by atoms with Gasteiger partial charge in [0.15, 0.2) is 0 Å². The number of hydrogen-bond acceptors (Lipinski definition) is 4. The summed E-state index contributed by atoms with van der Waals surface area (Å²) in [5, 5.41) is 16.5. The van der Waals surface area contributed by atoms with Gasteiger partial charge in [-0.15, -0.1) is 11.3 Å². The highest BCUT2D eigenvalue weighted by molar-refractivity contribution is 7.10. The van der Waals surface area contributed by atoms with Gasteiger partial charge < -0.3 is 5.32 Å². The number of nitro groups is 1. The summed E-state index contributed by atoms with van der Waals surface area (Å²) in [4.78, 5) is 11.9. The first kappa shape index (κ1) is 15.7. The van der Waals surface area contributed by atoms with E-state index < -0.39 is 0 Å². The molecular weight excluding hydrogens is 284 g/mol. The van der Waals surface area contributed by atoms with Crippen LogP contribution >= 0.6 is 11.3 Å². The third-order valence-electron chi connectivity index (χ3n) is 3.62. The van der Waals surface area contributed by atoms with Gasteiger partial charge in [-0.3, -0.25) is 10.1 Å². The summed E-state index contributed by atoms with van der Waals surface area (Å²) in [7, 11) is 0. The lowest BCUT2D eigenvalue weighted by Crippen LogP contribution is -2.20. The second-order valence-corrected chi connectivity index (χ2v) is 5.92. The fourth-order valence-corrected chi connectivity index (χ4v) is 3.33. The Morgan fingerprint density at radius 2 is 2.14 bits per heavy atom. The van der Waals surface area contributed by atoms with Gasteiger partial charge >= 0.3 is 0 Å². The Morgan fingerprint density at radius 3 is 2.81 bits per heavy atom. The van der Waals surface area contributed by atoms with Crippen LogP contribution in [0.5, 0.6) is 0 Å². The summed E-state index contributed by atoms with van der Waals surface area (Å²) in [6, 6.07) is 9.19. The first-order valence-corrected chi connectivity index (χ1v) is 8.06. The van der Waals surface area contributed by atoms with Crippen LogP contribution in [0, 0.1) is 10.1 Å². The van der Waals surface area contributed by atoms with E-state index in [1.165, 1.54) is 16.5 Å². The normalized spacial score (nSPS) is 12.3. The van der Waals surface area contributed by atoms with Gasteiger partial charge in [-0.2, -0.15) is 0 Å². The molecule has 0 fully saturated rings. The second-order valence-electron chi connectivity index (χ2n) is 4.92. The monoisotopic (exact) mass is 304 g/mol. The Morgan fingerprint density at radius 1 is 1.33 bits per heavy atom. The van der Waals surface area contributed by atoms with Crippen molar-refractivity contribution < 1.29 is 4.92 Å². The van der Waals surface area contributed by atoms with Gasteiger partial charge in [-0.05, 0) is 35.4 Å². The van der Waals surface area contributed by atoms with Crippen LogP contribution in [0.1, 0.15) is 42.3 Å². The lowest BCUT2D eigenvalue weighted by molar-refractivity contribution is -0.384. The number of rotatable bonds is 7. The molecule has 0 bridgehead atoms. The third-order valence-corrected chi connectivity index (χ3v) is 4.58. The highest BCUT2D eigenvalue weighted by Crippen LogP contribution is 2.23. The lowest BCUT2D eigenvalue weighted by atomic mass is 10.0. The zero-order valence-corrected chi connectivity index (χ0v) is 13.2. The average Bonchev–Trinajstić information content (AvgIpc) is 2.95. The van der Waals surface area contributed by atoms with Crippen molar-refractivity contribution in [3.8, 4) is 0 Å². The van der Waals surface area contributed by atoms with Gasteiger partial charge in [0.25, 0.3) is 5.69 Å². The quantitative estimate of drug-likeness (QED) is 0.607. The van der Waals surface area contributed by atoms with E-state index in [0.717, 1.165) is 24.9 Å². The topological polar surface area (TPSA) is 55.2 Å². The molecule has 1 heterocycles. The van der Waals surface area contributed by atoms with Crippen molar-refractivity contribution in [1.82, 2.24) is 5.32 Å². The van der Waals surface area contributed by atoms with E-state index in [1.807, 2.05) is 6.07 Å². The van der Waals surface area contributed by atoms with Crippen LogP contribution in [-0.4, -0.2) is 4.92 Å². The van der Waals surface area contributed by atoms with Crippen LogP contribution in [0.4, 0.5) is 5.69 Å². The molecule has 0 aliphatic carbocycles. The van der Waals surface area contributed by atoms with Gasteiger partial charge in [0.1, 0.15) is 0 Å². The van der Waals surface area contributed by atoms with E-state index in [-0.39, 0.29) is 16.7 Å². The average molecular weight is 304 g/mol. The molecule has 1 unspecified atom stereocenters. The van der Waals surface area contributed by atoms with E-state index >= 15 is 0 Å². The Hall–Kier alpha value is -1.72. The Labute approximate surface area is 129 Å². The van der Waals surface area contributed by atoms with Crippen LogP contribution in [0.15, 0.2) is 35.7 Å². The van der Waals surface area contributed by atoms with Gasteiger partial charge in [0, 0.05) is 29.6 Å². The van der Waals surface area contributed by atoms with E-state index in [1.54, 1.807) is 23.5 Å². The van der Waals surface area contributed by atoms with Crippen molar-refractivity contribution in [2.75, 3.05) is 0 Å². The second kappa shape index (κ2) is 7.33. The van der Waals surface area contributed by atoms with Crippen LogP contribution in [-0.2, 0) is 13.0 Å². The highest BCUT2D eigenvalue weighted by Gasteiger charge is 2.13. The number of nitrogens with one attached hydrogen (secondary N) is 1. The lowest BCUT2D eigenvalue weighted by Gasteiger charge is -2.17. The molecule has 1 aromatic carbocycles. The number of aryl methyl sites for hydroxylation is 1. The minimum atomic E-state index is -0.343. The first-order valence-electron chi connectivity index (χ1n) is 7.18. The molecule has 1 N–H and O–H groups in total. The third kappa shape index (κ3) is 3.89. The van der Waals surface area contributed by atoms with E-state index in [4.69, 9.17) is 0 Å². The summed E-state index contributed by atoms with van der Waals surface area (Å²) in [6.45, 7) is 5.05. The number of non-ortho nitro benzene ring substituents is 1. The Kier molecular flexibility index (Phi) is 5.47. The molecule has 2 aromatic rings. The van der Waals surface area contributed by atoms with Crippen molar-refractivity contribution in [2.24, 2.45) is 0 Å². The fourth-order valence-electron chi connectivity index (χ4n) is 2.41. The standard InChI is InChI=1S/C16H20N2O2S/c1-3-12-8-9-21-16(12)11-17-15(4-2)13-6-5-7-14(10-13)18(19)20/h5-10,15,17H,3-4,11H2,1-2H3. The molecule has 0 amide bonds. The van der Waals surface area contributed by atoms with E-state index in [2.05, 4.69) is 30.6 Å². The van der Waals surface area contributed by atoms with E-state index in [0.29, 0.717) is 0 Å². The molecule has 0 saturated carbocycles. The zero-order chi connectivity index (χ0) is 15.2. The molecular formula is C16H20N2O2S. The van der Waals surface area contributed by atoms with Gasteiger partial charge in [-0.25, -0.2) is 0 Å². The van der Waals surface area contributed by atoms with Gasteiger partial charge in [0.2, 0.25) is 0 Å². The number of benzene rings is 1. The molecule has 0 aliphatic heterocycles. The maximum absolute atomic E-state index is 10.9. The molecule has 4 nitrogen and oxygen atoms in total. The maximum atomic E-state index is 10.9. The predicted octanol–water partition coefficient (Wildman–Crippen LogP) is 4.46. The van der Waals surface area contributed by atoms with Gasteiger partial charge in [0.05, 0.1) is 4.92 Å². The minimum Gasteiger partial charge on any atom is -0.305 e. The zero-order valence-electron chi connectivity index (χ0n) is 12.3. The summed E-state index contributed by atoms with van der Waals surface area (Å²) >= 11 is 1.76. The van der Waals surface area contributed by atoms with Crippen molar-refractivity contribution in [3.05, 3.63) is 61.8 Å². The smallest absolute Gasteiger partial charge is 0.269 e. The number of hydrogen-bond donors (Lipinski definition) is 1. The summed E-state index contributed by atoms with van der Waals surface area (Å²) in [5.41, 5.74) is 2.50. The highest BCUT2D eigenvalue weighted by atomic mass is 32.1. The van der Waals surface area contributed by atoms with Crippen molar-refractivity contribution in [1.29, 1.82) is 0 Å². The molecule has 2 rings (SSSR count). The number of thiophene rings is 1.